The Balaban J connectivity index is 1.49. The quantitative estimate of drug-likeness (QED) is 0.171. The zero-order chi connectivity index (χ0) is 28.9. The summed E-state index contributed by atoms with van der Waals surface area (Å²) < 4.78 is 41.7. The fourth-order valence-electron chi connectivity index (χ4n) is 4.22. The summed E-state index contributed by atoms with van der Waals surface area (Å²) >= 11 is 1.52. The molecule has 4 N–H and O–H groups in total. The number of rotatable bonds is 6. The molecule has 4 rings (SSSR count). The third-order valence-corrected chi connectivity index (χ3v) is 7.25. The van der Waals surface area contributed by atoms with Crippen molar-refractivity contribution in [2.75, 3.05) is 50.5 Å². The number of aromatic nitrogens is 1. The summed E-state index contributed by atoms with van der Waals surface area (Å²) in [6.07, 6.45) is 0.0917. The van der Waals surface area contributed by atoms with E-state index in [0.717, 1.165) is 24.1 Å². The highest BCUT2D eigenvalue weighted by Gasteiger charge is 2.34. The first-order valence-electron chi connectivity index (χ1n) is 12.5. The van der Waals surface area contributed by atoms with Crippen molar-refractivity contribution in [3.63, 3.8) is 0 Å². The van der Waals surface area contributed by atoms with Crippen LogP contribution in [0.25, 0.3) is 0 Å². The van der Waals surface area contributed by atoms with E-state index in [2.05, 4.69) is 27.0 Å². The van der Waals surface area contributed by atoms with E-state index >= 15 is 0 Å². The number of benzene rings is 2. The first-order valence-corrected chi connectivity index (χ1v) is 13.7. The van der Waals surface area contributed by atoms with Crippen LogP contribution in [0, 0.1) is 17.3 Å². The third kappa shape index (κ3) is 7.41. The molecule has 0 radical (unpaired) electrons. The molecular weight excluding hydrogens is 537 g/mol. The van der Waals surface area contributed by atoms with Crippen LogP contribution in [0.4, 0.5) is 24.5 Å². The van der Waals surface area contributed by atoms with Crippen molar-refractivity contribution in [3.8, 4) is 11.8 Å². The fourth-order valence-corrected chi connectivity index (χ4v) is 4.66. The molecule has 0 bridgehead atoms. The molecule has 0 saturated carbocycles. The molecule has 208 valence electrons. The molecule has 0 atom stereocenters. The maximum absolute atomic E-state index is 13.9. The highest BCUT2D eigenvalue weighted by molar-refractivity contribution is 7.98. The average molecular weight is 567 g/mol. The summed E-state index contributed by atoms with van der Waals surface area (Å²) in [5.41, 5.74) is 6.85. The maximum atomic E-state index is 13.9. The molecule has 11 heteroatoms. The lowest BCUT2D eigenvalue weighted by Gasteiger charge is -2.33. The molecular formula is C29H29F3N6OS. The molecule has 0 unspecified atom stereocenters. The molecule has 3 aromatic rings. The molecule has 2 heterocycles. The van der Waals surface area contributed by atoms with Gasteiger partial charge in [0.25, 0.3) is 5.91 Å². The third-order valence-electron chi connectivity index (χ3n) is 6.53. The van der Waals surface area contributed by atoms with E-state index in [4.69, 9.17) is 11.1 Å². The molecule has 1 aliphatic heterocycles. The number of alkyl halides is 3. The summed E-state index contributed by atoms with van der Waals surface area (Å²) in [6, 6.07) is 10.7. The van der Waals surface area contributed by atoms with Crippen LogP contribution >= 0.6 is 11.8 Å². The minimum atomic E-state index is -4.57. The second-order valence-electron chi connectivity index (χ2n) is 9.44. The summed E-state index contributed by atoms with van der Waals surface area (Å²) in [5.74, 6) is 4.92. The lowest BCUT2D eigenvalue weighted by molar-refractivity contribution is -0.138. The number of carbonyl (C=O) groups excluding carboxylic acids is 1. The van der Waals surface area contributed by atoms with Crippen LogP contribution in [0.5, 0.6) is 0 Å². The standard InChI is InChI=1S/C29H29F3N6OS/c1-37-9-11-38(12-10-37)18-20-4-5-22(14-25(20)29(30,31)32)36-28(39)21-13-19(16-35-17-21)3-7-26(33)24-15-23(40-2)6-8-27(24)34/h4-6,8,13-17,33H,9-12,18,34H2,1-2H3,(H,36,39). The zero-order valence-electron chi connectivity index (χ0n) is 22.1. The second-order valence-corrected chi connectivity index (χ2v) is 10.3. The van der Waals surface area contributed by atoms with E-state index in [1.807, 2.05) is 24.3 Å². The molecule has 1 aromatic heterocycles. The van der Waals surface area contributed by atoms with Gasteiger partial charge in [0, 0.05) is 72.5 Å². The Bertz CT molecular complexity index is 1470. The minimum absolute atomic E-state index is 0.0135. The molecule has 7 nitrogen and oxygen atoms in total. The number of halogens is 3. The lowest BCUT2D eigenvalue weighted by Crippen LogP contribution is -2.44. The van der Waals surface area contributed by atoms with E-state index in [9.17, 15) is 18.0 Å². The van der Waals surface area contributed by atoms with Gasteiger partial charge in [0.15, 0.2) is 0 Å². The first-order chi connectivity index (χ1) is 19.0. The number of nitrogens with two attached hydrogens (primary N) is 1. The Labute approximate surface area is 235 Å². The van der Waals surface area contributed by atoms with Gasteiger partial charge in [0.1, 0.15) is 5.71 Å². The van der Waals surface area contributed by atoms with Crippen molar-refractivity contribution in [2.24, 2.45) is 0 Å². The summed E-state index contributed by atoms with van der Waals surface area (Å²) in [5, 5.41) is 10.8. The highest BCUT2D eigenvalue weighted by Crippen LogP contribution is 2.34. The predicted molar refractivity (Wildman–Crippen MR) is 153 cm³/mol. The summed E-state index contributed by atoms with van der Waals surface area (Å²) in [6.45, 7) is 3.16. The number of amides is 1. The van der Waals surface area contributed by atoms with Crippen LogP contribution in [0.2, 0.25) is 0 Å². The lowest BCUT2D eigenvalue weighted by atomic mass is 10.0. The number of pyridine rings is 1. The Morgan fingerprint density at radius 1 is 1.12 bits per heavy atom. The maximum Gasteiger partial charge on any atom is 0.416 e. The Morgan fingerprint density at radius 3 is 2.58 bits per heavy atom. The Kier molecular flexibility index (Phi) is 9.14. The van der Waals surface area contributed by atoms with Crippen LogP contribution in [-0.4, -0.2) is 65.9 Å². The number of piperazine rings is 1. The average Bonchev–Trinajstić information content (AvgIpc) is 2.93. The summed E-state index contributed by atoms with van der Waals surface area (Å²) in [7, 11) is 1.99. The SMILES string of the molecule is CSc1ccc(N)c(C(=N)C#Cc2cncc(C(=O)Nc3ccc(CN4CCN(C)CC4)c(C(F)(F)F)c3)c2)c1. The van der Waals surface area contributed by atoms with Gasteiger partial charge in [-0.05, 0) is 61.2 Å². The van der Waals surface area contributed by atoms with E-state index in [1.54, 1.807) is 12.1 Å². The number of carbonyl (C=O) groups is 1. The van der Waals surface area contributed by atoms with Gasteiger partial charge in [0.2, 0.25) is 0 Å². The van der Waals surface area contributed by atoms with Crippen LogP contribution in [0.3, 0.4) is 0 Å². The topological polar surface area (TPSA) is 98.3 Å². The van der Waals surface area contributed by atoms with Crippen molar-refractivity contribution in [1.82, 2.24) is 14.8 Å². The number of nitrogens with zero attached hydrogens (tertiary/aromatic N) is 3. The molecule has 40 heavy (non-hydrogen) atoms. The van der Waals surface area contributed by atoms with Crippen molar-refractivity contribution in [3.05, 3.63) is 82.7 Å². The number of thioether (sulfide) groups is 1. The molecule has 1 fully saturated rings. The normalized spacial score (nSPS) is 14.3. The van der Waals surface area contributed by atoms with Gasteiger partial charge >= 0.3 is 6.18 Å². The van der Waals surface area contributed by atoms with Crippen LogP contribution < -0.4 is 11.1 Å². The van der Waals surface area contributed by atoms with E-state index < -0.39 is 17.6 Å². The minimum Gasteiger partial charge on any atom is -0.398 e. The molecule has 1 aliphatic rings. The first kappa shape index (κ1) is 29.1. The molecule has 1 amide bonds. The smallest absolute Gasteiger partial charge is 0.398 e. The number of hydrogen-bond donors (Lipinski definition) is 3. The van der Waals surface area contributed by atoms with Gasteiger partial charge in [-0.25, -0.2) is 0 Å². The summed E-state index contributed by atoms with van der Waals surface area (Å²) in [4.78, 5) is 22.0. The molecule has 0 spiro atoms. The van der Waals surface area contributed by atoms with Crippen LogP contribution in [0.15, 0.2) is 59.8 Å². The van der Waals surface area contributed by atoms with Gasteiger partial charge in [0.05, 0.1) is 11.1 Å². The Hall–Kier alpha value is -3.85. The van der Waals surface area contributed by atoms with Gasteiger partial charge in [-0.3, -0.25) is 20.1 Å². The van der Waals surface area contributed by atoms with Crippen LogP contribution in [-0.2, 0) is 12.7 Å². The van der Waals surface area contributed by atoms with Crippen LogP contribution in [0.1, 0.15) is 32.6 Å². The number of nitrogen functional groups attached to an aromatic ring is 1. The van der Waals surface area contributed by atoms with E-state index in [1.165, 1.54) is 42.4 Å². The van der Waals surface area contributed by atoms with Gasteiger partial charge in [-0.2, -0.15) is 13.2 Å². The number of nitrogens with one attached hydrogen (secondary N) is 2. The van der Waals surface area contributed by atoms with E-state index in [-0.39, 0.29) is 29.1 Å². The van der Waals surface area contributed by atoms with Crippen molar-refractivity contribution in [1.29, 1.82) is 5.41 Å². The van der Waals surface area contributed by atoms with Crippen molar-refractivity contribution >= 4 is 34.8 Å². The largest absolute Gasteiger partial charge is 0.416 e. The van der Waals surface area contributed by atoms with Gasteiger partial charge in [-0.15, -0.1) is 11.8 Å². The van der Waals surface area contributed by atoms with E-state index in [0.29, 0.717) is 29.9 Å². The zero-order valence-corrected chi connectivity index (χ0v) is 22.9. The van der Waals surface area contributed by atoms with Gasteiger partial charge < -0.3 is 16.0 Å². The highest BCUT2D eigenvalue weighted by atomic mass is 32.2. The second kappa shape index (κ2) is 12.6. The molecule has 1 saturated heterocycles. The number of likely N-dealkylation sites (N-methyl/N-ethyl adjacent to an activating group) is 1. The monoisotopic (exact) mass is 566 g/mol. The van der Waals surface area contributed by atoms with Gasteiger partial charge in [-0.1, -0.05) is 12.0 Å². The fraction of sp³-hybridized carbons (Fsp3) is 0.276. The predicted octanol–water partition coefficient (Wildman–Crippen LogP) is 4.82. The number of hydrogen-bond acceptors (Lipinski definition) is 7. The molecule has 2 aromatic carbocycles. The Morgan fingerprint density at radius 2 is 1.88 bits per heavy atom. The number of anilines is 2. The molecule has 0 aliphatic carbocycles. The van der Waals surface area contributed by atoms with Crippen molar-refractivity contribution < 1.29 is 18.0 Å². The van der Waals surface area contributed by atoms with Crippen molar-refractivity contribution in [2.45, 2.75) is 17.6 Å².